The van der Waals surface area contributed by atoms with E-state index in [2.05, 4.69) is 6.92 Å². The summed E-state index contributed by atoms with van der Waals surface area (Å²) in [4.78, 5) is 0. The van der Waals surface area contributed by atoms with Gasteiger partial charge in [0.1, 0.15) is 11.5 Å². The van der Waals surface area contributed by atoms with Crippen LogP contribution in [-0.2, 0) is 6.42 Å². The predicted molar refractivity (Wildman–Crippen MR) is 86.4 cm³/mol. The van der Waals surface area contributed by atoms with Gasteiger partial charge in [0.2, 0.25) is 0 Å². The minimum Gasteiger partial charge on any atom is -1.00 e. The second-order valence-corrected chi connectivity index (χ2v) is 5.74. The first kappa shape index (κ1) is 20.8. The van der Waals surface area contributed by atoms with Crippen LogP contribution in [0.2, 0.25) is 0 Å². The van der Waals surface area contributed by atoms with Crippen molar-refractivity contribution in [3.8, 4) is 11.5 Å². The summed E-state index contributed by atoms with van der Waals surface area (Å²) in [7, 11) is 0. The second-order valence-electron chi connectivity index (χ2n) is 5.74. The molecule has 0 heterocycles. The molecule has 2 N–H and O–H groups in total. The van der Waals surface area contributed by atoms with Crippen molar-refractivity contribution in [3.05, 3.63) is 23.8 Å². The number of benzene rings is 1. The van der Waals surface area contributed by atoms with Gasteiger partial charge in [0, 0.05) is 0 Å². The summed E-state index contributed by atoms with van der Waals surface area (Å²) in [5, 5.41) is 19.1. The number of phenolic OH excluding ortho intramolecular Hbond substituents is 2. The quantitative estimate of drug-likeness (QED) is 0.375. The van der Waals surface area contributed by atoms with Gasteiger partial charge in [-0.05, 0) is 36.6 Å². The Balaban J connectivity index is 0. The van der Waals surface area contributed by atoms with E-state index < -0.39 is 0 Å². The van der Waals surface area contributed by atoms with Crippen LogP contribution < -0.4 is 29.6 Å². The van der Waals surface area contributed by atoms with E-state index in [-0.39, 0.29) is 36.7 Å². The Kier molecular flexibility index (Phi) is 13.4. The van der Waals surface area contributed by atoms with Gasteiger partial charge in [-0.15, -0.1) is 0 Å². The van der Waals surface area contributed by atoms with Crippen LogP contribution in [0, 0.1) is 0 Å². The second kappa shape index (κ2) is 13.5. The first-order chi connectivity index (χ1) is 9.74. The third kappa shape index (κ3) is 10.2. The predicted octanol–water partition coefficient (Wildman–Crippen LogP) is 2.68. The van der Waals surface area contributed by atoms with E-state index in [1.165, 1.54) is 63.9 Å². The normalized spacial score (nSPS) is 10.3. The molecule has 1 aromatic rings. The molecule has 3 heteroatoms. The van der Waals surface area contributed by atoms with Crippen molar-refractivity contribution in [1.29, 1.82) is 0 Å². The molecule has 0 bridgehead atoms. The summed E-state index contributed by atoms with van der Waals surface area (Å²) in [5.74, 6) is 0.545. The summed E-state index contributed by atoms with van der Waals surface area (Å²) in [5.41, 5.74) is 0.865. The van der Waals surface area contributed by atoms with Gasteiger partial charge in [0.25, 0.3) is 0 Å². The standard InChI is InChI=1S/C18H30O2.Na.H/c1-2-3-4-5-6-7-8-9-10-11-12-16-15-17(19)13-14-18(16)20;;/h13-15,19-20H,2-12H2,1H3;;/q;+1;-1. The van der Waals surface area contributed by atoms with Crippen LogP contribution in [0.25, 0.3) is 0 Å². The van der Waals surface area contributed by atoms with E-state index in [0.717, 1.165) is 18.4 Å². The van der Waals surface area contributed by atoms with Crippen molar-refractivity contribution in [3.63, 3.8) is 0 Å². The molecule has 116 valence electrons. The van der Waals surface area contributed by atoms with Crippen molar-refractivity contribution in [2.75, 3.05) is 0 Å². The van der Waals surface area contributed by atoms with Crippen LogP contribution in [0.3, 0.4) is 0 Å². The van der Waals surface area contributed by atoms with Crippen LogP contribution in [0.1, 0.15) is 78.1 Å². The summed E-state index contributed by atoms with van der Waals surface area (Å²) in [6.07, 6.45) is 14.0. The van der Waals surface area contributed by atoms with Crippen molar-refractivity contribution in [1.82, 2.24) is 0 Å². The Hall–Kier alpha value is -0.180. The van der Waals surface area contributed by atoms with Crippen LogP contribution in [0.4, 0.5) is 0 Å². The maximum atomic E-state index is 9.67. The summed E-state index contributed by atoms with van der Waals surface area (Å²) < 4.78 is 0. The zero-order chi connectivity index (χ0) is 14.6. The zero-order valence-electron chi connectivity index (χ0n) is 14.9. The summed E-state index contributed by atoms with van der Waals surface area (Å²) in [6.45, 7) is 2.25. The SMILES string of the molecule is CCCCCCCCCCCCc1cc(O)ccc1O.[H-].[Na+]. The number of hydrogen-bond acceptors (Lipinski definition) is 2. The van der Waals surface area contributed by atoms with Gasteiger partial charge in [-0.25, -0.2) is 0 Å². The smallest absolute Gasteiger partial charge is 1.00 e. The summed E-state index contributed by atoms with van der Waals surface area (Å²) in [6, 6.07) is 4.77. The van der Waals surface area contributed by atoms with E-state index in [9.17, 15) is 10.2 Å². The molecule has 0 saturated heterocycles. The molecule has 0 atom stereocenters. The van der Waals surface area contributed by atoms with Gasteiger partial charge < -0.3 is 11.6 Å². The van der Waals surface area contributed by atoms with Crippen molar-refractivity contribution in [2.24, 2.45) is 0 Å². The van der Waals surface area contributed by atoms with Gasteiger partial charge in [-0.2, -0.15) is 0 Å². The van der Waals surface area contributed by atoms with Crippen LogP contribution in [-0.4, -0.2) is 10.2 Å². The average molecular weight is 302 g/mol. The molecule has 0 saturated carbocycles. The van der Waals surface area contributed by atoms with E-state index >= 15 is 0 Å². The van der Waals surface area contributed by atoms with E-state index in [4.69, 9.17) is 0 Å². The summed E-state index contributed by atoms with van der Waals surface area (Å²) >= 11 is 0. The minimum atomic E-state index is 0. The third-order valence-electron chi connectivity index (χ3n) is 3.86. The molecule has 21 heavy (non-hydrogen) atoms. The van der Waals surface area contributed by atoms with E-state index in [0.29, 0.717) is 5.75 Å². The molecule has 0 spiro atoms. The molecule has 0 amide bonds. The van der Waals surface area contributed by atoms with Crippen molar-refractivity contribution in [2.45, 2.75) is 77.6 Å². The molecular weight excluding hydrogens is 271 g/mol. The number of rotatable bonds is 11. The fraction of sp³-hybridized carbons (Fsp3) is 0.667. The molecule has 2 nitrogen and oxygen atoms in total. The number of aryl methyl sites for hydroxylation is 1. The van der Waals surface area contributed by atoms with Crippen LogP contribution >= 0.6 is 0 Å². The van der Waals surface area contributed by atoms with Crippen molar-refractivity contribution < 1.29 is 41.2 Å². The topological polar surface area (TPSA) is 40.5 Å². The van der Waals surface area contributed by atoms with Crippen molar-refractivity contribution >= 4 is 0 Å². The number of hydrogen-bond donors (Lipinski definition) is 2. The minimum absolute atomic E-state index is 0. The largest absolute Gasteiger partial charge is 1.00 e. The van der Waals surface area contributed by atoms with Gasteiger partial charge in [-0.1, -0.05) is 64.7 Å². The van der Waals surface area contributed by atoms with Gasteiger partial charge in [0.15, 0.2) is 0 Å². The average Bonchev–Trinajstić information content (AvgIpc) is 2.44. The Bertz CT molecular complexity index is 372. The van der Waals surface area contributed by atoms with Crippen LogP contribution in [0.5, 0.6) is 11.5 Å². The fourth-order valence-electron chi connectivity index (χ4n) is 2.58. The Morgan fingerprint density at radius 3 is 1.90 bits per heavy atom. The zero-order valence-corrected chi connectivity index (χ0v) is 15.9. The molecule has 0 aromatic heterocycles. The maximum Gasteiger partial charge on any atom is 1.00 e. The molecule has 0 aliphatic carbocycles. The first-order valence-corrected chi connectivity index (χ1v) is 8.25. The molecule has 0 aliphatic heterocycles. The van der Waals surface area contributed by atoms with E-state index in [1.807, 2.05) is 0 Å². The fourth-order valence-corrected chi connectivity index (χ4v) is 2.58. The molecule has 0 radical (unpaired) electrons. The number of unbranched alkanes of at least 4 members (excludes halogenated alkanes) is 9. The van der Waals surface area contributed by atoms with Gasteiger partial charge in [-0.3, -0.25) is 0 Å². The molecular formula is C18H31NaO2. The van der Waals surface area contributed by atoms with Crippen LogP contribution in [0.15, 0.2) is 18.2 Å². The molecule has 1 aromatic carbocycles. The first-order valence-electron chi connectivity index (χ1n) is 8.25. The monoisotopic (exact) mass is 302 g/mol. The Morgan fingerprint density at radius 2 is 1.33 bits per heavy atom. The van der Waals surface area contributed by atoms with Gasteiger partial charge in [0.05, 0.1) is 0 Å². The number of phenols is 2. The Labute approximate surface area is 153 Å². The molecule has 1 rings (SSSR count). The van der Waals surface area contributed by atoms with E-state index in [1.54, 1.807) is 12.1 Å². The van der Waals surface area contributed by atoms with Gasteiger partial charge >= 0.3 is 29.6 Å². The molecule has 0 unspecified atom stereocenters. The molecule has 0 fully saturated rings. The maximum absolute atomic E-state index is 9.67. The number of aromatic hydroxyl groups is 2. The third-order valence-corrected chi connectivity index (χ3v) is 3.86. The Morgan fingerprint density at radius 1 is 0.810 bits per heavy atom. The molecule has 0 aliphatic rings.